The SMILES string of the molecule is CC1(C)CCC(C)(C)c2c1ccc(I)c2I. The second-order valence-electron chi connectivity index (χ2n) is 6.05. The molecule has 0 amide bonds. The van der Waals surface area contributed by atoms with Crippen LogP contribution in [0.2, 0.25) is 0 Å². The van der Waals surface area contributed by atoms with Gasteiger partial charge in [-0.25, -0.2) is 0 Å². The summed E-state index contributed by atoms with van der Waals surface area (Å²) in [6, 6.07) is 4.62. The van der Waals surface area contributed by atoms with Crippen LogP contribution in [0, 0.1) is 7.14 Å². The van der Waals surface area contributed by atoms with E-state index in [-0.39, 0.29) is 0 Å². The summed E-state index contributed by atoms with van der Waals surface area (Å²) >= 11 is 4.97. The highest BCUT2D eigenvalue weighted by Crippen LogP contribution is 2.47. The third kappa shape index (κ3) is 2.04. The lowest BCUT2D eigenvalue weighted by molar-refractivity contribution is 0.330. The fourth-order valence-corrected chi connectivity index (χ4v) is 4.31. The molecule has 0 bridgehead atoms. The highest BCUT2D eigenvalue weighted by atomic mass is 127. The fourth-order valence-electron chi connectivity index (χ4n) is 2.66. The molecule has 0 unspecified atom stereocenters. The first-order chi connectivity index (χ1) is 7.26. The van der Waals surface area contributed by atoms with Crippen molar-refractivity contribution in [1.29, 1.82) is 0 Å². The summed E-state index contributed by atoms with van der Waals surface area (Å²) in [4.78, 5) is 0. The Morgan fingerprint density at radius 2 is 1.50 bits per heavy atom. The second kappa shape index (κ2) is 4.11. The predicted octanol–water partition coefficient (Wildman–Crippen LogP) is 5.24. The molecule has 0 saturated carbocycles. The van der Waals surface area contributed by atoms with Crippen LogP contribution in [0.3, 0.4) is 0 Å². The van der Waals surface area contributed by atoms with Gasteiger partial charge in [0.05, 0.1) is 0 Å². The van der Waals surface area contributed by atoms with Crippen LogP contribution < -0.4 is 0 Å². The maximum absolute atomic E-state index is 2.52. The number of halogens is 2. The van der Waals surface area contributed by atoms with Crippen molar-refractivity contribution in [3.63, 3.8) is 0 Å². The number of hydrogen-bond acceptors (Lipinski definition) is 0. The minimum Gasteiger partial charge on any atom is -0.0571 e. The lowest BCUT2D eigenvalue weighted by atomic mass is 9.63. The largest absolute Gasteiger partial charge is 0.0571 e. The fraction of sp³-hybridized carbons (Fsp3) is 0.571. The van der Waals surface area contributed by atoms with Crippen LogP contribution in [0.25, 0.3) is 0 Å². The monoisotopic (exact) mass is 440 g/mol. The van der Waals surface area contributed by atoms with E-state index >= 15 is 0 Å². The molecule has 1 aromatic carbocycles. The van der Waals surface area contributed by atoms with Gasteiger partial charge >= 0.3 is 0 Å². The molecule has 0 spiro atoms. The van der Waals surface area contributed by atoms with E-state index in [4.69, 9.17) is 0 Å². The summed E-state index contributed by atoms with van der Waals surface area (Å²) in [7, 11) is 0. The molecule has 0 atom stereocenters. The topological polar surface area (TPSA) is 0 Å². The first-order valence-electron chi connectivity index (χ1n) is 5.75. The van der Waals surface area contributed by atoms with E-state index in [1.54, 1.807) is 11.1 Å². The first kappa shape index (κ1) is 13.1. The molecule has 0 nitrogen and oxygen atoms in total. The predicted molar refractivity (Wildman–Crippen MR) is 87.2 cm³/mol. The zero-order valence-electron chi connectivity index (χ0n) is 10.3. The lowest BCUT2D eigenvalue weighted by Crippen LogP contribution is -2.35. The Labute approximate surface area is 126 Å². The van der Waals surface area contributed by atoms with E-state index in [9.17, 15) is 0 Å². The maximum Gasteiger partial charge on any atom is 0.0304 e. The van der Waals surface area contributed by atoms with Gasteiger partial charge < -0.3 is 0 Å². The summed E-state index contributed by atoms with van der Waals surface area (Å²) in [6.45, 7) is 9.53. The van der Waals surface area contributed by atoms with E-state index in [2.05, 4.69) is 85.0 Å². The summed E-state index contributed by atoms with van der Waals surface area (Å²) in [5.74, 6) is 0. The molecule has 1 aliphatic carbocycles. The van der Waals surface area contributed by atoms with E-state index in [1.165, 1.54) is 20.0 Å². The van der Waals surface area contributed by atoms with Gasteiger partial charge in [0.2, 0.25) is 0 Å². The summed E-state index contributed by atoms with van der Waals surface area (Å²) in [5.41, 5.74) is 3.84. The highest BCUT2D eigenvalue weighted by Gasteiger charge is 2.38. The Hall–Kier alpha value is 0.680. The van der Waals surface area contributed by atoms with Gasteiger partial charge in [0, 0.05) is 7.14 Å². The van der Waals surface area contributed by atoms with Crippen molar-refractivity contribution in [3.8, 4) is 0 Å². The Kier molecular flexibility index (Phi) is 3.37. The third-order valence-electron chi connectivity index (χ3n) is 3.88. The Morgan fingerprint density at radius 3 is 2.12 bits per heavy atom. The lowest BCUT2D eigenvalue weighted by Gasteiger charge is -2.42. The number of fused-ring (bicyclic) bond motifs is 1. The van der Waals surface area contributed by atoms with Crippen molar-refractivity contribution >= 4 is 45.2 Å². The normalized spacial score (nSPS) is 21.6. The maximum atomic E-state index is 2.52. The molecular weight excluding hydrogens is 422 g/mol. The van der Waals surface area contributed by atoms with Gasteiger partial charge in [0.25, 0.3) is 0 Å². The van der Waals surface area contributed by atoms with Crippen LogP contribution in [0.1, 0.15) is 51.7 Å². The van der Waals surface area contributed by atoms with Crippen molar-refractivity contribution < 1.29 is 0 Å². The van der Waals surface area contributed by atoms with Crippen LogP contribution in [0.15, 0.2) is 12.1 Å². The quantitative estimate of drug-likeness (QED) is 0.484. The molecule has 1 aliphatic rings. The smallest absolute Gasteiger partial charge is 0.0304 e. The van der Waals surface area contributed by atoms with Crippen molar-refractivity contribution in [2.45, 2.75) is 51.4 Å². The molecule has 0 aromatic heterocycles. The number of hydrogen-bond donors (Lipinski definition) is 0. The van der Waals surface area contributed by atoms with E-state index < -0.39 is 0 Å². The van der Waals surface area contributed by atoms with E-state index in [1.807, 2.05) is 0 Å². The Bertz CT molecular complexity index is 431. The van der Waals surface area contributed by atoms with Crippen molar-refractivity contribution in [3.05, 3.63) is 30.4 Å². The summed E-state index contributed by atoms with van der Waals surface area (Å²) < 4.78 is 2.86. The third-order valence-corrected chi connectivity index (χ3v) is 6.93. The summed E-state index contributed by atoms with van der Waals surface area (Å²) in [6.07, 6.45) is 2.59. The molecule has 16 heavy (non-hydrogen) atoms. The molecular formula is C14H18I2. The van der Waals surface area contributed by atoms with Crippen LogP contribution >= 0.6 is 45.2 Å². The van der Waals surface area contributed by atoms with Crippen LogP contribution in [0.5, 0.6) is 0 Å². The van der Waals surface area contributed by atoms with E-state index in [0.717, 1.165) is 0 Å². The van der Waals surface area contributed by atoms with Crippen LogP contribution in [-0.4, -0.2) is 0 Å². The highest BCUT2D eigenvalue weighted by molar-refractivity contribution is 14.1. The van der Waals surface area contributed by atoms with Crippen LogP contribution in [0.4, 0.5) is 0 Å². The average Bonchev–Trinajstić information content (AvgIpc) is 2.17. The zero-order valence-corrected chi connectivity index (χ0v) is 14.6. The minimum absolute atomic E-state index is 0.336. The van der Waals surface area contributed by atoms with Gasteiger partial charge in [-0.15, -0.1) is 0 Å². The molecule has 2 heteroatoms. The molecule has 0 fully saturated rings. The molecule has 0 aliphatic heterocycles. The first-order valence-corrected chi connectivity index (χ1v) is 7.90. The second-order valence-corrected chi connectivity index (χ2v) is 8.29. The summed E-state index contributed by atoms with van der Waals surface area (Å²) in [5, 5.41) is 0. The van der Waals surface area contributed by atoms with Crippen molar-refractivity contribution in [1.82, 2.24) is 0 Å². The Balaban J connectivity index is 2.75. The molecule has 0 saturated heterocycles. The average molecular weight is 440 g/mol. The van der Waals surface area contributed by atoms with Crippen molar-refractivity contribution in [2.75, 3.05) is 0 Å². The molecule has 1 aromatic rings. The van der Waals surface area contributed by atoms with Crippen LogP contribution in [-0.2, 0) is 10.8 Å². The molecule has 0 heterocycles. The van der Waals surface area contributed by atoms with Gasteiger partial charge in [-0.05, 0) is 86.0 Å². The molecule has 0 radical (unpaired) electrons. The van der Waals surface area contributed by atoms with E-state index in [0.29, 0.717) is 10.8 Å². The molecule has 0 N–H and O–H groups in total. The Morgan fingerprint density at radius 1 is 0.938 bits per heavy atom. The van der Waals surface area contributed by atoms with Gasteiger partial charge in [-0.1, -0.05) is 33.8 Å². The van der Waals surface area contributed by atoms with Gasteiger partial charge in [-0.2, -0.15) is 0 Å². The zero-order chi connectivity index (χ0) is 12.1. The molecule has 88 valence electrons. The van der Waals surface area contributed by atoms with Crippen molar-refractivity contribution in [2.24, 2.45) is 0 Å². The number of benzene rings is 1. The number of rotatable bonds is 0. The minimum atomic E-state index is 0.336. The van der Waals surface area contributed by atoms with Gasteiger partial charge in [-0.3, -0.25) is 0 Å². The molecule has 2 rings (SSSR count). The van der Waals surface area contributed by atoms with Gasteiger partial charge in [0.1, 0.15) is 0 Å². The van der Waals surface area contributed by atoms with Gasteiger partial charge in [0.15, 0.2) is 0 Å². The standard InChI is InChI=1S/C14H18I2/c1-13(2)7-8-14(3,4)11-9(13)5-6-10(15)12(11)16/h5-6H,7-8H2,1-4H3.